The van der Waals surface area contributed by atoms with E-state index in [4.69, 9.17) is 15.1 Å². The van der Waals surface area contributed by atoms with Crippen LogP contribution in [0.3, 0.4) is 0 Å². The molecule has 2 atom stereocenters. The highest BCUT2D eigenvalue weighted by Crippen LogP contribution is 2.20. The molecule has 1 aromatic rings. The van der Waals surface area contributed by atoms with Crippen molar-refractivity contribution in [2.45, 2.75) is 31.9 Å². The maximum absolute atomic E-state index is 12.3. The molecule has 0 aromatic heterocycles. The lowest BCUT2D eigenvalue weighted by molar-refractivity contribution is -0.150. The van der Waals surface area contributed by atoms with Gasteiger partial charge in [0.2, 0.25) is 0 Å². The molecule has 1 heterocycles. The first-order chi connectivity index (χ1) is 10.0. The molecule has 1 N–H and O–H groups in total. The van der Waals surface area contributed by atoms with Gasteiger partial charge in [-0.1, -0.05) is 0 Å². The van der Waals surface area contributed by atoms with E-state index in [0.717, 1.165) is 0 Å². The lowest BCUT2D eigenvalue weighted by atomic mass is 10.2. The first kappa shape index (κ1) is 14.9. The van der Waals surface area contributed by atoms with E-state index in [2.05, 4.69) is 0 Å². The molecule has 1 fully saturated rings. The number of carboxylic acids is 1. The van der Waals surface area contributed by atoms with Crippen LogP contribution in [0.5, 0.6) is 5.75 Å². The third-order valence-corrected chi connectivity index (χ3v) is 3.46. The highest BCUT2D eigenvalue weighted by molar-refractivity contribution is 5.87. The standard InChI is InChI=1S/C15H16N2O4/c1-10(21-12-6-4-11(9-16)5-7-12)14(18)17-8-2-3-13(17)15(19)20/h4-7,10,13H,2-3,8H2,1H3,(H,19,20)/t10?,13-/m0/s1. The van der Waals surface area contributed by atoms with E-state index in [9.17, 15) is 9.59 Å². The summed E-state index contributed by atoms with van der Waals surface area (Å²) in [6, 6.07) is 7.66. The first-order valence-electron chi connectivity index (χ1n) is 6.73. The Morgan fingerprint density at radius 2 is 2.10 bits per heavy atom. The van der Waals surface area contributed by atoms with Crippen LogP contribution in [0.25, 0.3) is 0 Å². The summed E-state index contributed by atoms with van der Waals surface area (Å²) >= 11 is 0. The summed E-state index contributed by atoms with van der Waals surface area (Å²) in [6.07, 6.45) is 0.398. The Labute approximate surface area is 122 Å². The second-order valence-corrected chi connectivity index (χ2v) is 4.92. The molecule has 6 heteroatoms. The van der Waals surface area contributed by atoms with Crippen molar-refractivity contribution in [3.63, 3.8) is 0 Å². The highest BCUT2D eigenvalue weighted by Gasteiger charge is 2.36. The van der Waals surface area contributed by atoms with Gasteiger partial charge in [-0.15, -0.1) is 0 Å². The van der Waals surface area contributed by atoms with E-state index in [0.29, 0.717) is 30.7 Å². The van der Waals surface area contributed by atoms with E-state index < -0.39 is 18.1 Å². The van der Waals surface area contributed by atoms with E-state index in [1.807, 2.05) is 6.07 Å². The third kappa shape index (κ3) is 3.31. The number of amides is 1. The molecule has 1 unspecified atom stereocenters. The van der Waals surface area contributed by atoms with Crippen LogP contribution in [-0.4, -0.2) is 40.6 Å². The average Bonchev–Trinajstić information content (AvgIpc) is 2.96. The molecule has 0 spiro atoms. The Morgan fingerprint density at radius 3 is 2.67 bits per heavy atom. The molecular formula is C15H16N2O4. The predicted octanol–water partition coefficient (Wildman–Crippen LogP) is 1.40. The number of carbonyl (C=O) groups excluding carboxylic acids is 1. The van der Waals surface area contributed by atoms with Crippen molar-refractivity contribution in [3.8, 4) is 11.8 Å². The molecule has 2 rings (SSSR count). The second kappa shape index (κ2) is 6.27. The van der Waals surface area contributed by atoms with E-state index in [-0.39, 0.29) is 5.91 Å². The number of nitriles is 1. The van der Waals surface area contributed by atoms with Gasteiger partial charge in [-0.3, -0.25) is 4.79 Å². The Balaban J connectivity index is 2.02. The van der Waals surface area contributed by atoms with Gasteiger partial charge in [0.1, 0.15) is 11.8 Å². The fraction of sp³-hybridized carbons (Fsp3) is 0.400. The number of aliphatic carboxylic acids is 1. The van der Waals surface area contributed by atoms with Gasteiger partial charge in [0.05, 0.1) is 11.6 Å². The minimum Gasteiger partial charge on any atom is -0.481 e. The van der Waals surface area contributed by atoms with Crippen LogP contribution < -0.4 is 4.74 Å². The number of hydrogen-bond acceptors (Lipinski definition) is 4. The van der Waals surface area contributed by atoms with Gasteiger partial charge in [0.25, 0.3) is 5.91 Å². The fourth-order valence-electron chi connectivity index (χ4n) is 2.38. The molecule has 0 aliphatic carbocycles. The summed E-state index contributed by atoms with van der Waals surface area (Å²) in [7, 11) is 0. The van der Waals surface area contributed by atoms with E-state index in [1.54, 1.807) is 31.2 Å². The number of carboxylic acid groups (broad SMARTS) is 1. The number of carbonyl (C=O) groups is 2. The zero-order valence-electron chi connectivity index (χ0n) is 11.7. The Kier molecular flexibility index (Phi) is 4.43. The SMILES string of the molecule is CC(Oc1ccc(C#N)cc1)C(=O)N1CCC[C@H]1C(=O)O. The highest BCUT2D eigenvalue weighted by atomic mass is 16.5. The Bertz CT molecular complexity index is 576. The molecule has 0 radical (unpaired) electrons. The van der Waals surface area contributed by atoms with Gasteiger partial charge in [0.15, 0.2) is 6.10 Å². The van der Waals surface area contributed by atoms with Crippen molar-refractivity contribution in [2.75, 3.05) is 6.54 Å². The molecule has 1 aliphatic rings. The van der Waals surface area contributed by atoms with Crippen LogP contribution >= 0.6 is 0 Å². The monoisotopic (exact) mass is 288 g/mol. The third-order valence-electron chi connectivity index (χ3n) is 3.46. The molecule has 0 bridgehead atoms. The zero-order valence-corrected chi connectivity index (χ0v) is 11.7. The Morgan fingerprint density at radius 1 is 1.43 bits per heavy atom. The van der Waals surface area contributed by atoms with Gasteiger partial charge >= 0.3 is 5.97 Å². The number of nitrogens with zero attached hydrogens (tertiary/aromatic N) is 2. The maximum Gasteiger partial charge on any atom is 0.326 e. The predicted molar refractivity (Wildman–Crippen MR) is 73.6 cm³/mol. The smallest absolute Gasteiger partial charge is 0.326 e. The summed E-state index contributed by atoms with van der Waals surface area (Å²) in [5.74, 6) is -0.836. The molecule has 21 heavy (non-hydrogen) atoms. The quantitative estimate of drug-likeness (QED) is 0.904. The lowest BCUT2D eigenvalue weighted by Crippen LogP contribution is -2.46. The minimum atomic E-state index is -0.980. The topological polar surface area (TPSA) is 90.6 Å². The molecule has 6 nitrogen and oxygen atoms in total. The Hall–Kier alpha value is -2.55. The first-order valence-corrected chi connectivity index (χ1v) is 6.73. The molecule has 1 saturated heterocycles. The minimum absolute atomic E-state index is 0.329. The van der Waals surface area contributed by atoms with E-state index >= 15 is 0 Å². The second-order valence-electron chi connectivity index (χ2n) is 4.92. The van der Waals surface area contributed by atoms with Crippen LogP contribution in [0.4, 0.5) is 0 Å². The van der Waals surface area contributed by atoms with Gasteiger partial charge in [-0.25, -0.2) is 4.79 Å². The lowest BCUT2D eigenvalue weighted by Gasteiger charge is -2.25. The number of benzene rings is 1. The summed E-state index contributed by atoms with van der Waals surface area (Å²) in [4.78, 5) is 24.7. The number of likely N-dealkylation sites (tertiary alicyclic amines) is 1. The zero-order chi connectivity index (χ0) is 15.4. The van der Waals surface area contributed by atoms with E-state index in [1.165, 1.54) is 4.90 Å². The van der Waals surface area contributed by atoms with Gasteiger partial charge < -0.3 is 14.7 Å². The van der Waals surface area contributed by atoms with Gasteiger partial charge in [0, 0.05) is 6.54 Å². The molecular weight excluding hydrogens is 272 g/mol. The van der Waals surface area contributed by atoms with Crippen molar-refractivity contribution in [2.24, 2.45) is 0 Å². The van der Waals surface area contributed by atoms with Crippen LogP contribution in [0.1, 0.15) is 25.3 Å². The van der Waals surface area contributed by atoms with Crippen LogP contribution in [0.2, 0.25) is 0 Å². The normalized spacial score (nSPS) is 18.9. The number of ether oxygens (including phenoxy) is 1. The van der Waals surface area contributed by atoms with Crippen LogP contribution in [0, 0.1) is 11.3 Å². The maximum atomic E-state index is 12.3. The molecule has 1 amide bonds. The largest absolute Gasteiger partial charge is 0.481 e. The molecule has 0 saturated carbocycles. The van der Waals surface area contributed by atoms with Crippen molar-refractivity contribution in [1.29, 1.82) is 5.26 Å². The number of rotatable bonds is 4. The van der Waals surface area contributed by atoms with Crippen molar-refractivity contribution in [1.82, 2.24) is 4.90 Å². The van der Waals surface area contributed by atoms with Crippen molar-refractivity contribution >= 4 is 11.9 Å². The van der Waals surface area contributed by atoms with Crippen LogP contribution in [0.15, 0.2) is 24.3 Å². The average molecular weight is 288 g/mol. The van der Waals surface area contributed by atoms with Gasteiger partial charge in [-0.2, -0.15) is 5.26 Å². The fourth-order valence-corrected chi connectivity index (χ4v) is 2.38. The molecule has 1 aromatic carbocycles. The summed E-state index contributed by atoms with van der Waals surface area (Å²) < 4.78 is 5.52. The summed E-state index contributed by atoms with van der Waals surface area (Å²) in [6.45, 7) is 2.04. The summed E-state index contributed by atoms with van der Waals surface area (Å²) in [5, 5.41) is 17.8. The molecule has 110 valence electrons. The van der Waals surface area contributed by atoms with Crippen molar-refractivity contribution in [3.05, 3.63) is 29.8 Å². The summed E-state index contributed by atoms with van der Waals surface area (Å²) in [5.41, 5.74) is 0.506. The van der Waals surface area contributed by atoms with Crippen molar-refractivity contribution < 1.29 is 19.4 Å². The van der Waals surface area contributed by atoms with Crippen LogP contribution in [-0.2, 0) is 9.59 Å². The van der Waals surface area contributed by atoms with Gasteiger partial charge in [-0.05, 0) is 44.0 Å². The molecule has 1 aliphatic heterocycles. The number of hydrogen-bond donors (Lipinski definition) is 1.